The Hall–Kier alpha value is -0.480. The van der Waals surface area contributed by atoms with Gasteiger partial charge in [-0.15, -0.1) is 0 Å². The zero-order valence-electron chi connectivity index (χ0n) is 6.42. The van der Waals surface area contributed by atoms with Gasteiger partial charge in [-0.25, -0.2) is 17.1 Å². The molecular weight excluding hydrogens is 239 g/mol. The first-order chi connectivity index (χ1) is 6.12. The lowest BCUT2D eigenvalue weighted by Crippen LogP contribution is -2.23. The van der Waals surface area contributed by atoms with Crippen LogP contribution in [0.1, 0.15) is 0 Å². The number of halogens is 5. The molecule has 0 aromatic heterocycles. The van der Waals surface area contributed by atoms with Crippen LogP contribution in [0.3, 0.4) is 0 Å². The van der Waals surface area contributed by atoms with Crippen LogP contribution in [0.5, 0.6) is 0 Å². The maximum Gasteiger partial charge on any atom is 0.413 e. The van der Waals surface area contributed by atoms with Crippen molar-refractivity contribution in [3.63, 3.8) is 0 Å². The second-order valence-electron chi connectivity index (χ2n) is 1.96. The van der Waals surface area contributed by atoms with Gasteiger partial charge in [-0.2, -0.15) is 21.6 Å². The van der Waals surface area contributed by atoms with Gasteiger partial charge in [-0.3, -0.25) is 0 Å². The molecule has 0 unspecified atom stereocenters. The van der Waals surface area contributed by atoms with E-state index >= 15 is 0 Å². The molecular formula is C4H5F5O4S. The van der Waals surface area contributed by atoms with Gasteiger partial charge in [0.2, 0.25) is 0 Å². The highest BCUT2D eigenvalue weighted by atomic mass is 32.3. The standard InChI is InChI=1S/C4H5F5O4S/c5-3(6)1-12-14(10,11)13-2-4(7,8)9/h3H,1-2H2. The van der Waals surface area contributed by atoms with Crippen molar-refractivity contribution in [1.82, 2.24) is 0 Å². The van der Waals surface area contributed by atoms with Gasteiger partial charge >= 0.3 is 16.6 Å². The molecule has 0 bridgehead atoms. The molecule has 0 fully saturated rings. The molecule has 86 valence electrons. The minimum absolute atomic E-state index is 1.54. The summed E-state index contributed by atoms with van der Waals surface area (Å²) in [5, 5.41) is 0. The summed E-state index contributed by atoms with van der Waals surface area (Å²) >= 11 is 0. The lowest BCUT2D eigenvalue weighted by atomic mass is 10.7. The first kappa shape index (κ1) is 13.5. The third kappa shape index (κ3) is 8.13. The fraction of sp³-hybridized carbons (Fsp3) is 1.00. The Labute approximate surface area is 75.9 Å². The van der Waals surface area contributed by atoms with Crippen molar-refractivity contribution in [2.75, 3.05) is 13.2 Å². The molecule has 0 radical (unpaired) electrons. The van der Waals surface area contributed by atoms with Crippen LogP contribution in [0.4, 0.5) is 22.0 Å². The average Bonchev–Trinajstić information content (AvgIpc) is 1.97. The van der Waals surface area contributed by atoms with E-state index in [4.69, 9.17) is 0 Å². The summed E-state index contributed by atoms with van der Waals surface area (Å²) in [6.07, 6.45) is -7.99. The maximum absolute atomic E-state index is 11.4. The average molecular weight is 244 g/mol. The summed E-state index contributed by atoms with van der Waals surface area (Å²) in [5.41, 5.74) is 0. The van der Waals surface area contributed by atoms with E-state index in [-0.39, 0.29) is 0 Å². The quantitative estimate of drug-likeness (QED) is 0.679. The molecule has 4 nitrogen and oxygen atoms in total. The first-order valence-corrected chi connectivity index (χ1v) is 4.34. The lowest BCUT2D eigenvalue weighted by Gasteiger charge is -2.07. The highest BCUT2D eigenvalue weighted by Crippen LogP contribution is 2.16. The Kier molecular flexibility index (Phi) is 4.68. The third-order valence-corrected chi connectivity index (χ3v) is 1.54. The van der Waals surface area contributed by atoms with E-state index in [1.54, 1.807) is 0 Å². The van der Waals surface area contributed by atoms with Crippen molar-refractivity contribution in [1.29, 1.82) is 0 Å². The second-order valence-corrected chi connectivity index (χ2v) is 3.25. The summed E-state index contributed by atoms with van der Waals surface area (Å²) < 4.78 is 84.1. The van der Waals surface area contributed by atoms with Crippen molar-refractivity contribution >= 4 is 10.4 Å². The van der Waals surface area contributed by atoms with Crippen molar-refractivity contribution in [3.8, 4) is 0 Å². The maximum atomic E-state index is 11.4. The molecule has 0 aromatic rings. The Morgan fingerprint density at radius 2 is 1.64 bits per heavy atom. The molecule has 0 atom stereocenters. The first-order valence-electron chi connectivity index (χ1n) is 3.01. The van der Waals surface area contributed by atoms with Gasteiger partial charge in [0.25, 0.3) is 6.43 Å². The van der Waals surface area contributed by atoms with Gasteiger partial charge in [0, 0.05) is 0 Å². The highest BCUT2D eigenvalue weighted by molar-refractivity contribution is 7.81. The second kappa shape index (κ2) is 4.84. The molecule has 0 aromatic carbocycles. The molecule has 0 N–H and O–H groups in total. The zero-order valence-corrected chi connectivity index (χ0v) is 7.24. The number of alkyl halides is 5. The molecule has 0 aliphatic rings. The monoisotopic (exact) mass is 244 g/mol. The van der Waals surface area contributed by atoms with Crippen LogP contribution in [0, 0.1) is 0 Å². The molecule has 0 amide bonds. The summed E-state index contributed by atoms with van der Waals surface area (Å²) in [7, 11) is -5.01. The highest BCUT2D eigenvalue weighted by Gasteiger charge is 2.31. The molecule has 0 spiro atoms. The Morgan fingerprint density at radius 1 is 1.14 bits per heavy atom. The van der Waals surface area contributed by atoms with Gasteiger partial charge in [-0.05, 0) is 0 Å². The van der Waals surface area contributed by atoms with Gasteiger partial charge in [-0.1, -0.05) is 0 Å². The van der Waals surface area contributed by atoms with E-state index in [9.17, 15) is 30.4 Å². The molecule has 0 aliphatic heterocycles. The predicted octanol–water partition coefficient (Wildman–Crippen LogP) is 1.09. The van der Waals surface area contributed by atoms with Crippen LogP contribution in [-0.2, 0) is 18.8 Å². The normalized spacial score (nSPS) is 13.6. The predicted molar refractivity (Wildman–Crippen MR) is 32.9 cm³/mol. The Morgan fingerprint density at radius 3 is 2.00 bits per heavy atom. The third-order valence-electron chi connectivity index (χ3n) is 0.705. The SMILES string of the molecule is O=S(=O)(OCC(F)F)OCC(F)(F)F. The smallest absolute Gasteiger partial charge is 0.242 e. The van der Waals surface area contributed by atoms with Crippen molar-refractivity contribution < 1.29 is 38.7 Å². The largest absolute Gasteiger partial charge is 0.413 e. The van der Waals surface area contributed by atoms with Crippen LogP contribution in [0.25, 0.3) is 0 Å². The van der Waals surface area contributed by atoms with E-state index in [1.165, 1.54) is 0 Å². The summed E-state index contributed by atoms with van der Waals surface area (Å²) in [6, 6.07) is 0. The zero-order chi connectivity index (χ0) is 11.4. The van der Waals surface area contributed by atoms with Gasteiger partial charge in [0.1, 0.15) is 6.61 Å². The molecule has 0 saturated carbocycles. The Bertz CT molecular complexity index is 257. The molecule has 0 aliphatic carbocycles. The van der Waals surface area contributed by atoms with Gasteiger partial charge in [0.05, 0.1) is 0 Å². The van der Waals surface area contributed by atoms with E-state index in [0.29, 0.717) is 0 Å². The van der Waals surface area contributed by atoms with E-state index in [1.807, 2.05) is 0 Å². The van der Waals surface area contributed by atoms with Gasteiger partial charge < -0.3 is 0 Å². The molecule has 0 saturated heterocycles. The van der Waals surface area contributed by atoms with Crippen LogP contribution in [0.15, 0.2) is 0 Å². The summed E-state index contributed by atoms with van der Waals surface area (Å²) in [4.78, 5) is 0. The lowest BCUT2D eigenvalue weighted by molar-refractivity contribution is -0.154. The van der Waals surface area contributed by atoms with Crippen LogP contribution in [0.2, 0.25) is 0 Å². The fourth-order valence-electron chi connectivity index (χ4n) is 0.308. The fourth-order valence-corrected chi connectivity index (χ4v) is 0.923. The minimum Gasteiger partial charge on any atom is -0.242 e. The molecule has 14 heavy (non-hydrogen) atoms. The van der Waals surface area contributed by atoms with Crippen LogP contribution < -0.4 is 0 Å². The van der Waals surface area contributed by atoms with Crippen molar-refractivity contribution in [2.45, 2.75) is 12.6 Å². The summed E-state index contributed by atoms with van der Waals surface area (Å²) in [5.74, 6) is 0. The number of hydrogen-bond acceptors (Lipinski definition) is 4. The minimum atomic E-state index is -5.01. The van der Waals surface area contributed by atoms with Crippen LogP contribution >= 0.6 is 0 Å². The Balaban J connectivity index is 3.97. The number of hydrogen-bond donors (Lipinski definition) is 0. The van der Waals surface area contributed by atoms with Crippen LogP contribution in [-0.4, -0.2) is 34.2 Å². The van der Waals surface area contributed by atoms with E-state index in [2.05, 4.69) is 8.37 Å². The van der Waals surface area contributed by atoms with E-state index < -0.39 is 36.2 Å². The molecule has 0 heterocycles. The van der Waals surface area contributed by atoms with E-state index in [0.717, 1.165) is 0 Å². The summed E-state index contributed by atoms with van der Waals surface area (Å²) in [6.45, 7) is -3.65. The topological polar surface area (TPSA) is 52.6 Å². The van der Waals surface area contributed by atoms with Crippen molar-refractivity contribution in [3.05, 3.63) is 0 Å². The number of rotatable bonds is 5. The molecule has 10 heteroatoms. The van der Waals surface area contributed by atoms with Crippen molar-refractivity contribution in [2.24, 2.45) is 0 Å². The molecule has 0 rings (SSSR count). The van der Waals surface area contributed by atoms with Gasteiger partial charge in [0.15, 0.2) is 6.61 Å².